The minimum absolute atomic E-state index is 0.0561. The molecule has 10 heteroatoms. The van der Waals surface area contributed by atoms with Gasteiger partial charge in [0, 0.05) is 22.7 Å². The van der Waals surface area contributed by atoms with E-state index in [1.807, 2.05) is 25.1 Å². The Balaban J connectivity index is 1.30. The second-order valence-corrected chi connectivity index (χ2v) is 8.52. The maximum absolute atomic E-state index is 13.2. The lowest BCUT2D eigenvalue weighted by atomic mass is 10.0. The maximum Gasteiger partial charge on any atom is 0.437 e. The number of hydrogen-bond acceptors (Lipinski definition) is 5. The van der Waals surface area contributed by atoms with Gasteiger partial charge in [-0.15, -0.1) is 0 Å². The molecule has 0 fully saturated rings. The van der Waals surface area contributed by atoms with Gasteiger partial charge in [-0.05, 0) is 55.5 Å². The van der Waals surface area contributed by atoms with Crippen LogP contribution in [0, 0.1) is 0 Å². The highest BCUT2D eigenvalue weighted by Gasteiger charge is 2.37. The van der Waals surface area contributed by atoms with Gasteiger partial charge in [-0.2, -0.15) is 13.2 Å². The van der Waals surface area contributed by atoms with E-state index in [0.717, 1.165) is 36.6 Å². The number of fused-ring (bicyclic) bond motifs is 2. The summed E-state index contributed by atoms with van der Waals surface area (Å²) in [6.07, 6.45) is 0.566. The van der Waals surface area contributed by atoms with Gasteiger partial charge in [0.05, 0.1) is 25.0 Å². The highest BCUT2D eigenvalue weighted by atomic mass is 19.4. The molecule has 2 N–H and O–H groups in total. The number of alkyl halides is 3. The van der Waals surface area contributed by atoms with Crippen LogP contribution in [0.2, 0.25) is 0 Å². The number of nitrogens with one attached hydrogen (secondary N) is 1. The van der Waals surface area contributed by atoms with E-state index in [2.05, 4.69) is 10.1 Å². The number of aryl methyl sites for hydroxylation is 1. The van der Waals surface area contributed by atoms with Gasteiger partial charge in [-0.1, -0.05) is 24.6 Å². The minimum atomic E-state index is -4.58. The third kappa shape index (κ3) is 5.58. The zero-order valence-corrected chi connectivity index (χ0v) is 19.8. The average Bonchev–Trinajstić information content (AvgIpc) is 3.44. The molecule has 7 nitrogen and oxygen atoms in total. The van der Waals surface area contributed by atoms with Crippen molar-refractivity contribution in [3.63, 3.8) is 0 Å². The van der Waals surface area contributed by atoms with Crippen LogP contribution in [-0.4, -0.2) is 34.4 Å². The van der Waals surface area contributed by atoms with Crippen molar-refractivity contribution < 1.29 is 37.1 Å². The Kier molecular flexibility index (Phi) is 7.71. The molecule has 4 rings (SSSR count). The quantitative estimate of drug-likeness (QED) is 0.213. The Morgan fingerprint density at radius 3 is 2.53 bits per heavy atom. The van der Waals surface area contributed by atoms with E-state index in [9.17, 15) is 18.0 Å². The molecule has 0 radical (unpaired) electrons. The van der Waals surface area contributed by atoms with E-state index < -0.39 is 17.8 Å². The fourth-order valence-corrected chi connectivity index (χ4v) is 4.25. The average molecular weight is 505 g/mol. The molecule has 192 valence electrons. The molecule has 2 heterocycles. The van der Waals surface area contributed by atoms with Gasteiger partial charge >= 0.3 is 12.1 Å². The summed E-state index contributed by atoms with van der Waals surface area (Å²) in [5, 5.41) is 13.1. The summed E-state index contributed by atoms with van der Waals surface area (Å²) < 4.78 is 56.4. The first-order valence-electron chi connectivity index (χ1n) is 11.8. The number of carboxylic acids is 1. The van der Waals surface area contributed by atoms with Gasteiger partial charge in [0.25, 0.3) is 0 Å². The highest BCUT2D eigenvalue weighted by Crippen LogP contribution is 2.38. The number of aliphatic carboxylic acids is 1. The number of unbranched alkanes of at least 4 members (excludes halogenated alkanes) is 2. The predicted molar refractivity (Wildman–Crippen MR) is 127 cm³/mol. The molecule has 2 aromatic carbocycles. The lowest BCUT2D eigenvalue weighted by Gasteiger charge is -2.12. The Hall–Kier alpha value is -3.69. The standard InChI is InChI=1S/C26H27F3N2O5/c1-2-7-17-20(11-10-18-24(17)36-31-25(18)26(27,28)29)34-12-4-3-5-13-35-21-9-6-8-19-23(21)16(15-30-19)14-22(32)33/h6,8-11,15,30H,2-5,7,12-14H2,1H3,(H,32,33). The van der Waals surface area contributed by atoms with Crippen molar-refractivity contribution in [3.8, 4) is 11.5 Å². The van der Waals surface area contributed by atoms with Crippen molar-refractivity contribution in [2.45, 2.75) is 51.6 Å². The fraction of sp³-hybridized carbons (Fsp3) is 0.385. The Labute approximate surface area is 205 Å². The molecule has 0 atom stereocenters. The van der Waals surface area contributed by atoms with E-state index in [-0.39, 0.29) is 17.4 Å². The first-order chi connectivity index (χ1) is 17.3. The second-order valence-electron chi connectivity index (χ2n) is 8.52. The molecule has 0 aliphatic carbocycles. The maximum atomic E-state index is 13.2. The summed E-state index contributed by atoms with van der Waals surface area (Å²) in [4.78, 5) is 14.2. The minimum Gasteiger partial charge on any atom is -0.493 e. The van der Waals surface area contributed by atoms with Gasteiger partial charge in [-0.3, -0.25) is 4.79 Å². The van der Waals surface area contributed by atoms with E-state index in [1.165, 1.54) is 6.07 Å². The van der Waals surface area contributed by atoms with Crippen LogP contribution in [0.5, 0.6) is 11.5 Å². The van der Waals surface area contributed by atoms with E-state index in [1.54, 1.807) is 12.3 Å². The summed E-state index contributed by atoms with van der Waals surface area (Å²) >= 11 is 0. The predicted octanol–water partition coefficient (Wildman–Crippen LogP) is 6.54. The first kappa shape index (κ1) is 25.4. The molecule has 0 bridgehead atoms. The summed E-state index contributed by atoms with van der Waals surface area (Å²) in [6, 6.07) is 8.44. The molecule has 36 heavy (non-hydrogen) atoms. The molecule has 0 spiro atoms. The molecule has 0 amide bonds. The molecular formula is C26H27F3N2O5. The van der Waals surface area contributed by atoms with Crippen molar-refractivity contribution in [2.75, 3.05) is 13.2 Å². The number of hydrogen-bond donors (Lipinski definition) is 2. The number of aromatic nitrogens is 2. The molecule has 4 aromatic rings. The van der Waals surface area contributed by atoms with Gasteiger partial charge < -0.3 is 24.1 Å². The van der Waals surface area contributed by atoms with Crippen LogP contribution in [0.1, 0.15) is 49.4 Å². The summed E-state index contributed by atoms with van der Waals surface area (Å²) in [5.74, 6) is 0.246. The van der Waals surface area contributed by atoms with Crippen LogP contribution >= 0.6 is 0 Å². The molecule has 2 aromatic heterocycles. The lowest BCUT2D eigenvalue weighted by molar-refractivity contribution is -0.141. The monoisotopic (exact) mass is 504 g/mol. The normalized spacial score (nSPS) is 11.9. The topological polar surface area (TPSA) is 97.6 Å². The SMILES string of the molecule is CCCc1c(OCCCCCOc2cccc3[nH]cc(CC(=O)O)c23)ccc2c(C(F)(F)F)noc12. The number of aromatic amines is 1. The van der Waals surface area contributed by atoms with Crippen LogP contribution in [-0.2, 0) is 23.8 Å². The third-order valence-electron chi connectivity index (χ3n) is 5.86. The van der Waals surface area contributed by atoms with Crippen LogP contribution in [0.25, 0.3) is 21.9 Å². The zero-order valence-electron chi connectivity index (χ0n) is 19.8. The Bertz CT molecular complexity index is 1340. The Morgan fingerprint density at radius 2 is 1.83 bits per heavy atom. The number of nitrogens with zero attached hydrogens (tertiary/aromatic N) is 1. The van der Waals surface area contributed by atoms with Crippen molar-refractivity contribution in [2.24, 2.45) is 0 Å². The van der Waals surface area contributed by atoms with E-state index >= 15 is 0 Å². The van der Waals surface area contributed by atoms with E-state index in [4.69, 9.17) is 19.1 Å². The molecular weight excluding hydrogens is 477 g/mol. The number of H-pyrrole nitrogens is 1. The second kappa shape index (κ2) is 10.9. The van der Waals surface area contributed by atoms with Crippen molar-refractivity contribution >= 4 is 27.8 Å². The highest BCUT2D eigenvalue weighted by molar-refractivity contribution is 5.92. The van der Waals surface area contributed by atoms with Crippen molar-refractivity contribution in [3.05, 3.63) is 53.3 Å². The molecule has 0 saturated carbocycles. The van der Waals surface area contributed by atoms with Crippen LogP contribution in [0.4, 0.5) is 13.2 Å². The first-order valence-corrected chi connectivity index (χ1v) is 11.8. The third-order valence-corrected chi connectivity index (χ3v) is 5.86. The van der Waals surface area contributed by atoms with Gasteiger partial charge in [0.15, 0.2) is 11.3 Å². The van der Waals surface area contributed by atoms with Crippen molar-refractivity contribution in [1.29, 1.82) is 0 Å². The lowest BCUT2D eigenvalue weighted by Crippen LogP contribution is -2.06. The zero-order chi connectivity index (χ0) is 25.7. The molecule has 0 saturated heterocycles. The van der Waals surface area contributed by atoms with Gasteiger partial charge in [0.1, 0.15) is 11.5 Å². The molecule has 0 aliphatic heterocycles. The van der Waals surface area contributed by atoms with Crippen molar-refractivity contribution in [1.82, 2.24) is 10.1 Å². The van der Waals surface area contributed by atoms with Gasteiger partial charge in [0.2, 0.25) is 0 Å². The Morgan fingerprint density at radius 1 is 1.08 bits per heavy atom. The number of carbonyl (C=O) groups is 1. The summed E-state index contributed by atoms with van der Waals surface area (Å²) in [5.41, 5.74) is 1.20. The smallest absolute Gasteiger partial charge is 0.437 e. The number of ether oxygens (including phenoxy) is 2. The largest absolute Gasteiger partial charge is 0.493 e. The fourth-order valence-electron chi connectivity index (χ4n) is 4.25. The van der Waals surface area contributed by atoms with Gasteiger partial charge in [-0.25, -0.2) is 0 Å². The molecule has 0 aliphatic rings. The number of benzene rings is 2. The number of halogens is 3. The number of carboxylic acid groups (broad SMARTS) is 1. The van der Waals surface area contributed by atoms with Crippen LogP contribution < -0.4 is 9.47 Å². The van der Waals surface area contributed by atoms with E-state index in [0.29, 0.717) is 42.3 Å². The van der Waals surface area contributed by atoms with Crippen LogP contribution in [0.15, 0.2) is 41.1 Å². The summed E-state index contributed by atoms with van der Waals surface area (Å²) in [6.45, 7) is 2.79. The number of rotatable bonds is 12. The molecule has 0 unspecified atom stereocenters. The summed E-state index contributed by atoms with van der Waals surface area (Å²) in [7, 11) is 0. The van der Waals surface area contributed by atoms with Crippen LogP contribution in [0.3, 0.4) is 0 Å².